The van der Waals surface area contributed by atoms with E-state index in [1.54, 1.807) is 0 Å². The first kappa shape index (κ1) is 9.52. The molecule has 1 saturated carbocycles. The molecule has 0 saturated heterocycles. The number of rotatable bonds is 3. The molecule has 12 heavy (non-hydrogen) atoms. The van der Waals surface area contributed by atoms with Crippen molar-refractivity contribution in [1.82, 2.24) is 5.32 Å². The quantitative estimate of drug-likeness (QED) is 0.653. The molecule has 1 aliphatic carbocycles. The molecule has 1 amide bonds. The van der Waals surface area contributed by atoms with Crippen LogP contribution in [0.15, 0.2) is 0 Å². The summed E-state index contributed by atoms with van der Waals surface area (Å²) in [6.45, 7) is 2.69. The van der Waals surface area contributed by atoms with E-state index in [9.17, 15) is 4.79 Å². The van der Waals surface area contributed by atoms with Gasteiger partial charge in [-0.25, -0.2) is 0 Å². The minimum absolute atomic E-state index is 0.149. The molecule has 2 atom stereocenters. The van der Waals surface area contributed by atoms with Crippen LogP contribution in [0.4, 0.5) is 0 Å². The van der Waals surface area contributed by atoms with Crippen LogP contribution in [0.3, 0.4) is 0 Å². The molecule has 0 aromatic rings. The predicted molar refractivity (Wildman–Crippen MR) is 48.6 cm³/mol. The smallest absolute Gasteiger partial charge is 0.219 e. The van der Waals surface area contributed by atoms with Crippen molar-refractivity contribution in [1.29, 1.82) is 0 Å². The molecule has 1 aliphatic rings. The van der Waals surface area contributed by atoms with Gasteiger partial charge in [-0.15, -0.1) is 0 Å². The Bertz CT molecular complexity index is 159. The molecule has 0 heterocycles. The number of hydrogen-bond acceptors (Lipinski definition) is 2. The van der Waals surface area contributed by atoms with E-state index < -0.39 is 0 Å². The number of nitrogens with one attached hydrogen (secondary N) is 1. The highest BCUT2D eigenvalue weighted by Gasteiger charge is 2.21. The van der Waals surface area contributed by atoms with Crippen molar-refractivity contribution in [2.24, 2.45) is 11.7 Å². The van der Waals surface area contributed by atoms with Crippen molar-refractivity contribution < 1.29 is 4.79 Å². The zero-order chi connectivity index (χ0) is 8.97. The lowest BCUT2D eigenvalue weighted by Gasteiger charge is -2.09. The first-order valence-electron chi connectivity index (χ1n) is 4.74. The fourth-order valence-electron chi connectivity index (χ4n) is 1.68. The van der Waals surface area contributed by atoms with Crippen molar-refractivity contribution in [3.8, 4) is 0 Å². The lowest BCUT2D eigenvalue weighted by molar-refractivity contribution is -0.120. The topological polar surface area (TPSA) is 55.1 Å². The second-order valence-corrected chi connectivity index (χ2v) is 3.60. The Morgan fingerprint density at radius 2 is 2.33 bits per heavy atom. The Labute approximate surface area is 73.7 Å². The summed E-state index contributed by atoms with van der Waals surface area (Å²) in [6.07, 6.45) is 3.95. The second kappa shape index (κ2) is 4.45. The van der Waals surface area contributed by atoms with Gasteiger partial charge >= 0.3 is 0 Å². The van der Waals surface area contributed by atoms with E-state index in [1.165, 1.54) is 6.42 Å². The van der Waals surface area contributed by atoms with E-state index >= 15 is 0 Å². The lowest BCUT2D eigenvalue weighted by Crippen LogP contribution is -2.28. The average Bonchev–Trinajstić information content (AvgIpc) is 2.47. The molecule has 3 heteroatoms. The maximum absolute atomic E-state index is 10.9. The normalized spacial score (nSPS) is 28.8. The summed E-state index contributed by atoms with van der Waals surface area (Å²) in [6, 6.07) is 0.369. The Morgan fingerprint density at radius 3 is 2.83 bits per heavy atom. The maximum Gasteiger partial charge on any atom is 0.219 e. The van der Waals surface area contributed by atoms with Crippen LogP contribution >= 0.6 is 0 Å². The van der Waals surface area contributed by atoms with Crippen molar-refractivity contribution in [3.05, 3.63) is 0 Å². The van der Waals surface area contributed by atoms with Crippen molar-refractivity contribution >= 4 is 5.91 Å². The monoisotopic (exact) mass is 170 g/mol. The van der Waals surface area contributed by atoms with Crippen molar-refractivity contribution in [2.75, 3.05) is 6.54 Å². The van der Waals surface area contributed by atoms with E-state index in [0.29, 0.717) is 18.4 Å². The van der Waals surface area contributed by atoms with Crippen LogP contribution in [-0.4, -0.2) is 18.5 Å². The van der Waals surface area contributed by atoms with Crippen LogP contribution in [0.5, 0.6) is 0 Å². The van der Waals surface area contributed by atoms with E-state index in [2.05, 4.69) is 5.32 Å². The van der Waals surface area contributed by atoms with Crippen LogP contribution in [0.1, 0.15) is 32.6 Å². The zero-order valence-electron chi connectivity index (χ0n) is 7.68. The molecule has 3 N–H and O–H groups in total. The van der Waals surface area contributed by atoms with Gasteiger partial charge in [0, 0.05) is 19.0 Å². The number of hydrogen-bond donors (Lipinski definition) is 2. The van der Waals surface area contributed by atoms with Crippen LogP contribution < -0.4 is 11.1 Å². The van der Waals surface area contributed by atoms with Crippen LogP contribution in [0.2, 0.25) is 0 Å². The number of nitrogens with two attached hydrogens (primary N) is 1. The van der Waals surface area contributed by atoms with Gasteiger partial charge in [-0.2, -0.15) is 0 Å². The minimum atomic E-state index is 0.149. The van der Waals surface area contributed by atoms with Crippen LogP contribution in [-0.2, 0) is 4.79 Å². The fraction of sp³-hybridized carbons (Fsp3) is 0.889. The molecule has 1 rings (SSSR count). The first-order chi connectivity index (χ1) is 5.72. The molecule has 0 aromatic heterocycles. The number of amides is 1. The lowest BCUT2D eigenvalue weighted by atomic mass is 10.1. The molecule has 70 valence electrons. The largest absolute Gasteiger partial charge is 0.356 e. The highest BCUT2D eigenvalue weighted by molar-refractivity contribution is 5.75. The minimum Gasteiger partial charge on any atom is -0.356 e. The summed E-state index contributed by atoms with van der Waals surface area (Å²) in [4.78, 5) is 10.9. The Kier molecular flexibility index (Phi) is 3.53. The zero-order valence-corrected chi connectivity index (χ0v) is 7.68. The highest BCUT2D eigenvalue weighted by Crippen LogP contribution is 2.22. The number of carbonyl (C=O) groups excluding carboxylic acids is 1. The Morgan fingerprint density at radius 1 is 1.58 bits per heavy atom. The molecule has 0 aromatic carbocycles. The third-order valence-corrected chi connectivity index (χ3v) is 2.49. The maximum atomic E-state index is 10.9. The van der Waals surface area contributed by atoms with Gasteiger partial charge in [0.25, 0.3) is 0 Å². The summed E-state index contributed by atoms with van der Waals surface area (Å²) in [5.41, 5.74) is 5.75. The van der Waals surface area contributed by atoms with Gasteiger partial charge in [-0.1, -0.05) is 6.92 Å². The molecular weight excluding hydrogens is 152 g/mol. The first-order valence-corrected chi connectivity index (χ1v) is 4.74. The van der Waals surface area contributed by atoms with E-state index in [0.717, 1.165) is 19.4 Å². The van der Waals surface area contributed by atoms with Gasteiger partial charge in [0.1, 0.15) is 0 Å². The molecular formula is C9H18N2O. The van der Waals surface area contributed by atoms with Gasteiger partial charge < -0.3 is 11.1 Å². The summed E-state index contributed by atoms with van der Waals surface area (Å²) in [7, 11) is 0. The SMILES string of the molecule is CCC(=O)NCC1CCC(N)C1. The fourth-order valence-corrected chi connectivity index (χ4v) is 1.68. The second-order valence-electron chi connectivity index (χ2n) is 3.60. The molecule has 0 spiro atoms. The summed E-state index contributed by atoms with van der Waals surface area (Å²) >= 11 is 0. The van der Waals surface area contributed by atoms with Gasteiger partial charge in [0.2, 0.25) is 5.91 Å². The molecule has 0 radical (unpaired) electrons. The summed E-state index contributed by atoms with van der Waals surface area (Å²) in [5.74, 6) is 0.769. The average molecular weight is 170 g/mol. The molecule has 0 bridgehead atoms. The van der Waals surface area contributed by atoms with Crippen molar-refractivity contribution in [3.63, 3.8) is 0 Å². The number of carbonyl (C=O) groups is 1. The summed E-state index contributed by atoms with van der Waals surface area (Å²) < 4.78 is 0. The van der Waals surface area contributed by atoms with E-state index in [1.807, 2.05) is 6.92 Å². The van der Waals surface area contributed by atoms with Crippen molar-refractivity contribution in [2.45, 2.75) is 38.6 Å². The van der Waals surface area contributed by atoms with E-state index in [-0.39, 0.29) is 5.91 Å². The van der Waals surface area contributed by atoms with Crippen LogP contribution in [0.25, 0.3) is 0 Å². The van der Waals surface area contributed by atoms with Gasteiger partial charge in [-0.3, -0.25) is 4.79 Å². The summed E-state index contributed by atoms with van der Waals surface area (Å²) in [5, 5.41) is 2.90. The van der Waals surface area contributed by atoms with E-state index in [4.69, 9.17) is 5.73 Å². The Balaban J connectivity index is 2.11. The third-order valence-electron chi connectivity index (χ3n) is 2.49. The predicted octanol–water partition coefficient (Wildman–Crippen LogP) is 0.640. The van der Waals surface area contributed by atoms with Crippen LogP contribution in [0, 0.1) is 5.92 Å². The molecule has 3 nitrogen and oxygen atoms in total. The third kappa shape index (κ3) is 2.81. The standard InChI is InChI=1S/C9H18N2O/c1-2-9(12)11-6-7-3-4-8(10)5-7/h7-8H,2-6,10H2,1H3,(H,11,12). The molecule has 2 unspecified atom stereocenters. The molecule has 1 fully saturated rings. The molecule has 0 aliphatic heterocycles. The van der Waals surface area contributed by atoms with Gasteiger partial charge in [-0.05, 0) is 25.2 Å². The van der Waals surface area contributed by atoms with Gasteiger partial charge in [0.05, 0.1) is 0 Å². The Hall–Kier alpha value is -0.570. The van der Waals surface area contributed by atoms with Gasteiger partial charge in [0.15, 0.2) is 0 Å². The highest BCUT2D eigenvalue weighted by atomic mass is 16.1.